The predicted octanol–water partition coefficient (Wildman–Crippen LogP) is 3.80. The van der Waals surface area contributed by atoms with Gasteiger partial charge in [-0.1, -0.05) is 12.2 Å². The zero-order valence-electron chi connectivity index (χ0n) is 8.63. The number of aryl methyl sites for hydroxylation is 1. The molecule has 1 heterocycles. The second-order valence-electron chi connectivity index (χ2n) is 3.63. The van der Waals surface area contributed by atoms with Gasteiger partial charge in [0.25, 0.3) is 0 Å². The molecular formula is C12H13BrN2. The van der Waals surface area contributed by atoms with Gasteiger partial charge in [0, 0.05) is 11.9 Å². The quantitative estimate of drug-likeness (QED) is 0.879. The number of hydrogen-bond acceptors (Lipinski definition) is 2. The van der Waals surface area contributed by atoms with Crippen molar-refractivity contribution in [3.8, 4) is 0 Å². The van der Waals surface area contributed by atoms with Crippen LogP contribution < -0.4 is 5.32 Å². The number of allylic oxidation sites excluding steroid dienone is 4. The van der Waals surface area contributed by atoms with Crippen LogP contribution in [0.15, 0.2) is 40.7 Å². The van der Waals surface area contributed by atoms with Gasteiger partial charge in [0.15, 0.2) is 0 Å². The van der Waals surface area contributed by atoms with E-state index in [1.807, 2.05) is 13.1 Å². The van der Waals surface area contributed by atoms with Crippen LogP contribution >= 0.6 is 15.9 Å². The predicted molar refractivity (Wildman–Crippen MR) is 66.8 cm³/mol. The van der Waals surface area contributed by atoms with Crippen molar-refractivity contribution in [2.45, 2.75) is 19.8 Å². The Morgan fingerprint density at radius 1 is 1.47 bits per heavy atom. The van der Waals surface area contributed by atoms with Gasteiger partial charge in [0.1, 0.15) is 5.82 Å². The fourth-order valence-electron chi connectivity index (χ4n) is 1.48. The number of nitrogens with one attached hydrogen (secondary N) is 1. The molecule has 1 N–H and O–H groups in total. The van der Waals surface area contributed by atoms with Crippen LogP contribution in [0.2, 0.25) is 0 Å². The minimum absolute atomic E-state index is 0.891. The largest absolute Gasteiger partial charge is 0.343 e. The minimum atomic E-state index is 0.891. The fourth-order valence-corrected chi connectivity index (χ4v) is 2.05. The summed E-state index contributed by atoms with van der Waals surface area (Å²) in [4.78, 5) is 4.35. The molecule has 1 aromatic heterocycles. The van der Waals surface area contributed by atoms with E-state index in [9.17, 15) is 0 Å². The zero-order chi connectivity index (χ0) is 10.7. The Balaban J connectivity index is 2.17. The molecule has 1 aliphatic carbocycles. The molecule has 0 fully saturated rings. The summed E-state index contributed by atoms with van der Waals surface area (Å²) in [5.74, 6) is 0.891. The van der Waals surface area contributed by atoms with E-state index in [0.29, 0.717) is 0 Å². The molecule has 2 nitrogen and oxygen atoms in total. The van der Waals surface area contributed by atoms with Gasteiger partial charge in [-0.25, -0.2) is 4.98 Å². The molecule has 0 unspecified atom stereocenters. The highest BCUT2D eigenvalue weighted by molar-refractivity contribution is 9.10. The normalized spacial score (nSPS) is 14.9. The lowest BCUT2D eigenvalue weighted by Gasteiger charge is -2.12. The second kappa shape index (κ2) is 4.62. The number of anilines is 1. The summed E-state index contributed by atoms with van der Waals surface area (Å²) in [6, 6.07) is 2.06. The molecule has 0 amide bonds. The summed E-state index contributed by atoms with van der Waals surface area (Å²) in [5, 5.41) is 3.33. The molecule has 2 rings (SSSR count). The maximum atomic E-state index is 4.35. The molecule has 0 aromatic carbocycles. The Morgan fingerprint density at radius 2 is 2.33 bits per heavy atom. The van der Waals surface area contributed by atoms with Crippen molar-refractivity contribution >= 4 is 21.7 Å². The highest BCUT2D eigenvalue weighted by Gasteiger charge is 2.04. The number of rotatable bonds is 2. The van der Waals surface area contributed by atoms with Crippen molar-refractivity contribution in [2.75, 3.05) is 5.32 Å². The molecule has 0 aliphatic heterocycles. The molecule has 1 aromatic rings. The first-order valence-corrected chi connectivity index (χ1v) is 5.80. The molecule has 1 aliphatic rings. The number of hydrogen-bond donors (Lipinski definition) is 1. The Morgan fingerprint density at radius 3 is 3.00 bits per heavy atom. The topological polar surface area (TPSA) is 24.9 Å². The Bertz CT molecular complexity index is 422. The van der Waals surface area contributed by atoms with Gasteiger partial charge in [-0.3, -0.25) is 0 Å². The first kappa shape index (κ1) is 10.4. The standard InChI is InChI=1S/C12H13BrN2/c1-9-7-11(13)12(14-8-9)15-10-5-3-2-4-6-10/h2-3,5,7-8H,4,6H2,1H3,(H,14,15). The number of halogens is 1. The van der Waals surface area contributed by atoms with Crippen molar-refractivity contribution in [3.63, 3.8) is 0 Å². The van der Waals surface area contributed by atoms with E-state index < -0.39 is 0 Å². The molecule has 15 heavy (non-hydrogen) atoms. The van der Waals surface area contributed by atoms with Gasteiger partial charge in [-0.2, -0.15) is 0 Å². The number of nitrogens with zero attached hydrogens (tertiary/aromatic N) is 1. The average molecular weight is 265 g/mol. The monoisotopic (exact) mass is 264 g/mol. The molecule has 0 radical (unpaired) electrons. The molecular weight excluding hydrogens is 252 g/mol. The molecule has 0 saturated carbocycles. The maximum absolute atomic E-state index is 4.35. The van der Waals surface area contributed by atoms with Crippen molar-refractivity contribution in [2.24, 2.45) is 0 Å². The fraction of sp³-hybridized carbons (Fsp3) is 0.250. The van der Waals surface area contributed by atoms with E-state index in [1.165, 1.54) is 5.70 Å². The highest BCUT2D eigenvalue weighted by Crippen LogP contribution is 2.23. The van der Waals surface area contributed by atoms with Gasteiger partial charge in [-0.15, -0.1) is 0 Å². The summed E-state index contributed by atoms with van der Waals surface area (Å²) in [7, 11) is 0. The van der Waals surface area contributed by atoms with E-state index in [-0.39, 0.29) is 0 Å². The minimum Gasteiger partial charge on any atom is -0.343 e. The Hall–Kier alpha value is -1.09. The molecule has 0 atom stereocenters. The Kier molecular flexibility index (Phi) is 3.21. The van der Waals surface area contributed by atoms with Crippen LogP contribution in [0.3, 0.4) is 0 Å². The molecule has 0 bridgehead atoms. The molecule has 0 spiro atoms. The maximum Gasteiger partial charge on any atom is 0.144 e. The van der Waals surface area contributed by atoms with Crippen molar-refractivity contribution in [1.29, 1.82) is 0 Å². The third-order valence-corrected chi connectivity index (χ3v) is 2.88. The van der Waals surface area contributed by atoms with Gasteiger partial charge in [0.05, 0.1) is 4.47 Å². The van der Waals surface area contributed by atoms with Crippen LogP contribution in [0, 0.1) is 6.92 Å². The van der Waals surface area contributed by atoms with Crippen molar-refractivity contribution in [1.82, 2.24) is 4.98 Å². The Labute approximate surface area is 98.2 Å². The van der Waals surface area contributed by atoms with Crippen LogP contribution in [-0.4, -0.2) is 4.98 Å². The summed E-state index contributed by atoms with van der Waals surface area (Å²) in [6.45, 7) is 2.03. The molecule has 78 valence electrons. The van der Waals surface area contributed by atoms with Gasteiger partial charge in [-0.05, 0) is 53.4 Å². The summed E-state index contributed by atoms with van der Waals surface area (Å²) in [6.07, 6.45) is 10.4. The van der Waals surface area contributed by atoms with Crippen molar-refractivity contribution in [3.05, 3.63) is 46.2 Å². The summed E-state index contributed by atoms with van der Waals surface area (Å²) >= 11 is 3.50. The third-order valence-electron chi connectivity index (χ3n) is 2.27. The van der Waals surface area contributed by atoms with Crippen LogP contribution in [0.25, 0.3) is 0 Å². The number of pyridine rings is 1. The molecule has 3 heteroatoms. The SMILES string of the molecule is Cc1cnc(NC2=CC=CCC2)c(Br)c1. The van der Waals surface area contributed by atoms with Crippen molar-refractivity contribution < 1.29 is 0 Å². The first-order valence-electron chi connectivity index (χ1n) is 5.00. The van der Waals surface area contributed by atoms with Crippen LogP contribution in [0.4, 0.5) is 5.82 Å². The summed E-state index contributed by atoms with van der Waals surface area (Å²) < 4.78 is 1.01. The second-order valence-corrected chi connectivity index (χ2v) is 4.48. The van der Waals surface area contributed by atoms with Crippen LogP contribution in [0.5, 0.6) is 0 Å². The van der Waals surface area contributed by atoms with E-state index >= 15 is 0 Å². The van der Waals surface area contributed by atoms with E-state index in [4.69, 9.17) is 0 Å². The third kappa shape index (κ3) is 2.69. The average Bonchev–Trinajstić information content (AvgIpc) is 2.24. The van der Waals surface area contributed by atoms with Gasteiger partial charge in [0.2, 0.25) is 0 Å². The van der Waals surface area contributed by atoms with Gasteiger partial charge < -0.3 is 5.32 Å². The lowest BCUT2D eigenvalue weighted by Crippen LogP contribution is -2.03. The van der Waals surface area contributed by atoms with Gasteiger partial charge >= 0.3 is 0 Å². The zero-order valence-corrected chi connectivity index (χ0v) is 10.2. The van der Waals surface area contributed by atoms with Crippen LogP contribution in [-0.2, 0) is 0 Å². The summed E-state index contributed by atoms with van der Waals surface area (Å²) in [5.41, 5.74) is 2.37. The first-order chi connectivity index (χ1) is 7.25. The lowest BCUT2D eigenvalue weighted by molar-refractivity contribution is 0.960. The number of aromatic nitrogens is 1. The van der Waals surface area contributed by atoms with E-state index in [1.54, 1.807) is 0 Å². The highest BCUT2D eigenvalue weighted by atomic mass is 79.9. The van der Waals surface area contributed by atoms with Crippen LogP contribution in [0.1, 0.15) is 18.4 Å². The van der Waals surface area contributed by atoms with E-state index in [0.717, 1.165) is 28.7 Å². The van der Waals surface area contributed by atoms with E-state index in [2.05, 4.69) is 50.5 Å². The molecule has 0 saturated heterocycles. The smallest absolute Gasteiger partial charge is 0.144 e. The lowest BCUT2D eigenvalue weighted by atomic mass is 10.1.